The molecule has 0 spiro atoms. The fourth-order valence-corrected chi connectivity index (χ4v) is 2.38. The molecule has 5 nitrogen and oxygen atoms in total. The van der Waals surface area contributed by atoms with E-state index in [0.717, 1.165) is 12.1 Å². The van der Waals surface area contributed by atoms with Crippen LogP contribution in [0.4, 0.5) is 10.5 Å². The molecule has 2 N–H and O–H groups in total. The molecule has 2 atom stereocenters. The van der Waals surface area contributed by atoms with Gasteiger partial charge in [-0.15, -0.1) is 0 Å². The zero-order valence-electron chi connectivity index (χ0n) is 10.9. The number of hydrogen-bond acceptors (Lipinski definition) is 2. The van der Waals surface area contributed by atoms with Crippen LogP contribution in [0, 0.1) is 5.92 Å². The fourth-order valence-electron chi connectivity index (χ4n) is 2.38. The predicted octanol–water partition coefficient (Wildman–Crippen LogP) is 2.09. The molecule has 0 aliphatic heterocycles. The lowest BCUT2D eigenvalue weighted by Crippen LogP contribution is -2.42. The third-order valence-electron chi connectivity index (χ3n) is 3.56. The molecule has 1 aliphatic rings. The lowest BCUT2D eigenvalue weighted by molar-refractivity contribution is -0.141. The molecule has 0 radical (unpaired) electrons. The maximum absolute atomic E-state index is 12.0. The third-order valence-corrected chi connectivity index (χ3v) is 3.56. The summed E-state index contributed by atoms with van der Waals surface area (Å²) in [5.74, 6) is -1.10. The molecular weight excluding hydrogens is 244 g/mol. The van der Waals surface area contributed by atoms with Crippen LogP contribution < -0.4 is 10.2 Å². The normalized spacial score (nSPS) is 21.9. The largest absolute Gasteiger partial charge is 0.481 e. The molecule has 1 saturated carbocycles. The van der Waals surface area contributed by atoms with Crippen LogP contribution in [0.3, 0.4) is 0 Å². The van der Waals surface area contributed by atoms with Crippen LogP contribution in [0.5, 0.6) is 0 Å². The molecule has 2 unspecified atom stereocenters. The lowest BCUT2D eigenvalue weighted by atomic mass is 10.1. The molecule has 5 heteroatoms. The monoisotopic (exact) mass is 262 g/mol. The highest BCUT2D eigenvalue weighted by atomic mass is 16.4. The van der Waals surface area contributed by atoms with Gasteiger partial charge in [0.2, 0.25) is 0 Å². The third kappa shape index (κ3) is 3.24. The number of carboxylic acid groups (broad SMARTS) is 1. The van der Waals surface area contributed by atoms with Gasteiger partial charge in [0.25, 0.3) is 0 Å². The van der Waals surface area contributed by atoms with Gasteiger partial charge in [0, 0.05) is 18.8 Å². The number of urea groups is 1. The number of nitrogens with zero attached hydrogens (tertiary/aromatic N) is 1. The van der Waals surface area contributed by atoms with Gasteiger partial charge in [-0.3, -0.25) is 9.69 Å². The molecule has 19 heavy (non-hydrogen) atoms. The summed E-state index contributed by atoms with van der Waals surface area (Å²) in [5.41, 5.74) is 0.813. The Balaban J connectivity index is 1.90. The number of carboxylic acids is 1. The zero-order valence-corrected chi connectivity index (χ0v) is 10.9. The van der Waals surface area contributed by atoms with Gasteiger partial charge in [-0.2, -0.15) is 0 Å². The fraction of sp³-hybridized carbons (Fsp3) is 0.429. The minimum absolute atomic E-state index is 0.0419. The summed E-state index contributed by atoms with van der Waals surface area (Å²) in [6.07, 6.45) is 1.88. The predicted molar refractivity (Wildman–Crippen MR) is 72.1 cm³/mol. The first-order chi connectivity index (χ1) is 9.08. The average molecular weight is 262 g/mol. The van der Waals surface area contributed by atoms with E-state index in [0.29, 0.717) is 12.8 Å². The van der Waals surface area contributed by atoms with E-state index in [1.54, 1.807) is 7.05 Å². The van der Waals surface area contributed by atoms with Crippen LogP contribution in [0.25, 0.3) is 0 Å². The second-order valence-corrected chi connectivity index (χ2v) is 4.89. The highest BCUT2D eigenvalue weighted by molar-refractivity contribution is 5.91. The Morgan fingerprint density at radius 2 is 1.95 bits per heavy atom. The maximum atomic E-state index is 12.0. The number of rotatable bonds is 3. The Kier molecular flexibility index (Phi) is 4.04. The summed E-state index contributed by atoms with van der Waals surface area (Å²) in [6, 6.07) is 9.11. The molecule has 1 aromatic carbocycles. The number of benzene rings is 1. The summed E-state index contributed by atoms with van der Waals surface area (Å²) in [4.78, 5) is 24.4. The molecule has 2 amide bonds. The van der Waals surface area contributed by atoms with E-state index in [2.05, 4.69) is 5.32 Å². The molecule has 0 aromatic heterocycles. The summed E-state index contributed by atoms with van der Waals surface area (Å²) in [6.45, 7) is 0. The van der Waals surface area contributed by atoms with Crippen LogP contribution in [-0.4, -0.2) is 30.2 Å². The van der Waals surface area contributed by atoms with Crippen molar-refractivity contribution in [2.75, 3.05) is 11.9 Å². The number of amides is 2. The van der Waals surface area contributed by atoms with Gasteiger partial charge in [0.1, 0.15) is 0 Å². The summed E-state index contributed by atoms with van der Waals surface area (Å²) >= 11 is 0. The van der Waals surface area contributed by atoms with Gasteiger partial charge < -0.3 is 10.4 Å². The van der Waals surface area contributed by atoms with Gasteiger partial charge in [-0.25, -0.2) is 4.79 Å². The Morgan fingerprint density at radius 1 is 1.26 bits per heavy atom. The molecular formula is C14H18N2O3. The van der Waals surface area contributed by atoms with E-state index in [-0.39, 0.29) is 18.0 Å². The molecule has 0 heterocycles. The Morgan fingerprint density at radius 3 is 2.53 bits per heavy atom. The molecule has 0 saturated heterocycles. The number of carbonyl (C=O) groups excluding carboxylic acids is 1. The summed E-state index contributed by atoms with van der Waals surface area (Å²) in [7, 11) is 1.70. The highest BCUT2D eigenvalue weighted by Gasteiger charge is 2.31. The summed E-state index contributed by atoms with van der Waals surface area (Å²) < 4.78 is 0. The van der Waals surface area contributed by atoms with E-state index in [9.17, 15) is 9.59 Å². The first kappa shape index (κ1) is 13.4. The van der Waals surface area contributed by atoms with Gasteiger partial charge in [0.15, 0.2) is 0 Å². The minimum Gasteiger partial charge on any atom is -0.481 e. The van der Waals surface area contributed by atoms with E-state index < -0.39 is 5.97 Å². The molecule has 102 valence electrons. The molecule has 1 aliphatic carbocycles. The van der Waals surface area contributed by atoms with Gasteiger partial charge >= 0.3 is 12.0 Å². The Labute approximate surface area is 112 Å². The smallest absolute Gasteiger partial charge is 0.321 e. The van der Waals surface area contributed by atoms with Crippen LogP contribution in [0.1, 0.15) is 19.3 Å². The number of carbonyl (C=O) groups is 2. The van der Waals surface area contributed by atoms with E-state index >= 15 is 0 Å². The second kappa shape index (κ2) is 5.73. The van der Waals surface area contributed by atoms with Gasteiger partial charge in [0.05, 0.1) is 5.92 Å². The van der Waals surface area contributed by atoms with E-state index in [1.165, 1.54) is 4.90 Å². The van der Waals surface area contributed by atoms with Crippen molar-refractivity contribution in [3.8, 4) is 0 Å². The average Bonchev–Trinajstić information content (AvgIpc) is 2.87. The first-order valence-electron chi connectivity index (χ1n) is 6.40. The van der Waals surface area contributed by atoms with Gasteiger partial charge in [-0.05, 0) is 31.4 Å². The Hall–Kier alpha value is -2.04. The lowest BCUT2D eigenvalue weighted by Gasteiger charge is -2.21. The number of nitrogens with one attached hydrogen (secondary N) is 1. The van der Waals surface area contributed by atoms with Crippen molar-refractivity contribution in [1.82, 2.24) is 5.32 Å². The van der Waals surface area contributed by atoms with Crippen molar-refractivity contribution in [2.45, 2.75) is 25.3 Å². The van der Waals surface area contributed by atoms with Crippen molar-refractivity contribution in [3.05, 3.63) is 30.3 Å². The molecule has 2 rings (SSSR count). The number of aliphatic carboxylic acids is 1. The van der Waals surface area contributed by atoms with Crippen LogP contribution in [0.2, 0.25) is 0 Å². The molecule has 1 fully saturated rings. The molecule has 0 bridgehead atoms. The van der Waals surface area contributed by atoms with Crippen LogP contribution in [-0.2, 0) is 4.79 Å². The van der Waals surface area contributed by atoms with Crippen LogP contribution >= 0.6 is 0 Å². The minimum atomic E-state index is -0.770. The second-order valence-electron chi connectivity index (χ2n) is 4.89. The number of para-hydroxylation sites is 1. The topological polar surface area (TPSA) is 69.6 Å². The van der Waals surface area contributed by atoms with Gasteiger partial charge in [-0.1, -0.05) is 18.2 Å². The first-order valence-corrected chi connectivity index (χ1v) is 6.40. The number of anilines is 1. The molecule has 1 aromatic rings. The standard InChI is InChI=1S/C14H18N2O3/c1-16(12-5-3-2-4-6-12)14(19)15-11-8-7-10(9-11)13(17)18/h2-6,10-11H,7-9H2,1H3,(H,15,19)(H,17,18). The highest BCUT2D eigenvalue weighted by Crippen LogP contribution is 2.26. The van der Waals surface area contributed by atoms with Crippen molar-refractivity contribution < 1.29 is 14.7 Å². The van der Waals surface area contributed by atoms with Crippen LogP contribution in [0.15, 0.2) is 30.3 Å². The quantitative estimate of drug-likeness (QED) is 0.876. The van der Waals surface area contributed by atoms with E-state index in [1.807, 2.05) is 30.3 Å². The van der Waals surface area contributed by atoms with Crippen molar-refractivity contribution >= 4 is 17.7 Å². The number of hydrogen-bond donors (Lipinski definition) is 2. The van der Waals surface area contributed by atoms with Crippen molar-refractivity contribution in [1.29, 1.82) is 0 Å². The SMILES string of the molecule is CN(C(=O)NC1CCC(C(=O)O)C1)c1ccccc1. The van der Waals surface area contributed by atoms with E-state index in [4.69, 9.17) is 5.11 Å². The van der Waals surface area contributed by atoms with Crippen molar-refractivity contribution in [2.24, 2.45) is 5.92 Å². The van der Waals surface area contributed by atoms with Crippen molar-refractivity contribution in [3.63, 3.8) is 0 Å². The Bertz CT molecular complexity index is 461. The zero-order chi connectivity index (χ0) is 13.8. The maximum Gasteiger partial charge on any atom is 0.321 e. The summed E-state index contributed by atoms with van der Waals surface area (Å²) in [5, 5.41) is 11.8.